The SMILES string of the molecule is CCOc1cc(CC(N)=O)nc2ccc(C=O)cc12. The minimum Gasteiger partial charge on any atom is -0.493 e. The number of aromatic nitrogens is 1. The number of aldehydes is 1. The largest absolute Gasteiger partial charge is 0.493 e. The average molecular weight is 258 g/mol. The van der Waals surface area contributed by atoms with Gasteiger partial charge in [0.05, 0.1) is 24.2 Å². The molecule has 0 bridgehead atoms. The van der Waals surface area contributed by atoms with Gasteiger partial charge in [-0.15, -0.1) is 0 Å². The number of primary amides is 1. The number of amides is 1. The van der Waals surface area contributed by atoms with Crippen LogP contribution in [0.5, 0.6) is 5.75 Å². The fraction of sp³-hybridized carbons (Fsp3) is 0.214. The van der Waals surface area contributed by atoms with Gasteiger partial charge in [-0.05, 0) is 25.1 Å². The molecule has 98 valence electrons. The molecule has 0 aliphatic carbocycles. The number of benzene rings is 1. The lowest BCUT2D eigenvalue weighted by Crippen LogP contribution is -2.14. The van der Waals surface area contributed by atoms with Crippen molar-refractivity contribution >= 4 is 23.1 Å². The van der Waals surface area contributed by atoms with Gasteiger partial charge in [0.2, 0.25) is 5.91 Å². The Kier molecular flexibility index (Phi) is 3.75. The summed E-state index contributed by atoms with van der Waals surface area (Å²) in [5.41, 5.74) is 6.96. The highest BCUT2D eigenvalue weighted by Gasteiger charge is 2.09. The normalized spacial score (nSPS) is 10.4. The maximum Gasteiger partial charge on any atom is 0.223 e. The molecular weight excluding hydrogens is 244 g/mol. The molecule has 0 aliphatic rings. The summed E-state index contributed by atoms with van der Waals surface area (Å²) in [5.74, 6) is 0.159. The third-order valence-electron chi connectivity index (χ3n) is 2.64. The van der Waals surface area contributed by atoms with Gasteiger partial charge in [-0.3, -0.25) is 14.6 Å². The van der Waals surface area contributed by atoms with Crippen LogP contribution < -0.4 is 10.5 Å². The third kappa shape index (κ3) is 2.88. The molecule has 2 N–H and O–H groups in total. The Morgan fingerprint density at radius 1 is 1.42 bits per heavy atom. The Morgan fingerprint density at radius 2 is 2.21 bits per heavy atom. The Labute approximate surface area is 110 Å². The highest BCUT2D eigenvalue weighted by atomic mass is 16.5. The molecule has 1 aromatic carbocycles. The Morgan fingerprint density at radius 3 is 2.84 bits per heavy atom. The molecule has 0 radical (unpaired) electrons. The van der Waals surface area contributed by atoms with Crippen molar-refractivity contribution in [2.45, 2.75) is 13.3 Å². The summed E-state index contributed by atoms with van der Waals surface area (Å²) in [6.07, 6.45) is 0.831. The van der Waals surface area contributed by atoms with Gasteiger partial charge in [0.25, 0.3) is 0 Å². The van der Waals surface area contributed by atoms with Crippen LogP contribution >= 0.6 is 0 Å². The average Bonchev–Trinajstić information content (AvgIpc) is 2.38. The monoisotopic (exact) mass is 258 g/mol. The van der Waals surface area contributed by atoms with Crippen molar-refractivity contribution in [2.24, 2.45) is 5.73 Å². The van der Waals surface area contributed by atoms with Gasteiger partial charge in [0, 0.05) is 17.0 Å². The van der Waals surface area contributed by atoms with Gasteiger partial charge in [-0.25, -0.2) is 0 Å². The topological polar surface area (TPSA) is 82.3 Å². The summed E-state index contributed by atoms with van der Waals surface area (Å²) in [5, 5.41) is 0.750. The number of fused-ring (bicyclic) bond motifs is 1. The van der Waals surface area contributed by atoms with Crippen molar-refractivity contribution in [1.82, 2.24) is 4.98 Å². The van der Waals surface area contributed by atoms with Crippen LogP contribution in [-0.4, -0.2) is 23.8 Å². The lowest BCUT2D eigenvalue weighted by atomic mass is 10.1. The molecule has 1 amide bonds. The summed E-state index contributed by atoms with van der Waals surface area (Å²) < 4.78 is 5.53. The van der Waals surface area contributed by atoms with E-state index < -0.39 is 5.91 Å². The first-order valence-corrected chi connectivity index (χ1v) is 5.94. The van der Waals surface area contributed by atoms with Crippen LogP contribution in [-0.2, 0) is 11.2 Å². The van der Waals surface area contributed by atoms with Crippen molar-refractivity contribution in [1.29, 1.82) is 0 Å². The summed E-state index contributed by atoms with van der Waals surface area (Å²) in [6.45, 7) is 2.35. The van der Waals surface area contributed by atoms with Gasteiger partial charge in [0.15, 0.2) is 0 Å². The summed E-state index contributed by atoms with van der Waals surface area (Å²) in [4.78, 5) is 26.1. The zero-order valence-corrected chi connectivity index (χ0v) is 10.6. The number of nitrogens with zero attached hydrogens (tertiary/aromatic N) is 1. The van der Waals surface area contributed by atoms with Crippen LogP contribution in [0.1, 0.15) is 23.0 Å². The van der Waals surface area contributed by atoms with E-state index in [9.17, 15) is 9.59 Å². The molecule has 0 spiro atoms. The van der Waals surface area contributed by atoms with Crippen LogP contribution in [0.2, 0.25) is 0 Å². The molecular formula is C14H14N2O3. The number of ether oxygens (including phenoxy) is 1. The number of hydrogen-bond acceptors (Lipinski definition) is 4. The molecule has 0 aliphatic heterocycles. The van der Waals surface area contributed by atoms with Gasteiger partial charge >= 0.3 is 0 Å². The fourth-order valence-corrected chi connectivity index (χ4v) is 1.88. The van der Waals surface area contributed by atoms with Gasteiger partial charge in [-0.1, -0.05) is 0 Å². The van der Waals surface area contributed by atoms with Crippen molar-refractivity contribution in [3.63, 3.8) is 0 Å². The molecule has 1 heterocycles. The smallest absolute Gasteiger partial charge is 0.223 e. The highest BCUT2D eigenvalue weighted by molar-refractivity contribution is 5.91. The first-order valence-electron chi connectivity index (χ1n) is 5.94. The van der Waals surface area contributed by atoms with Crippen molar-refractivity contribution < 1.29 is 14.3 Å². The molecule has 0 unspecified atom stereocenters. The molecule has 1 aromatic heterocycles. The van der Waals surface area contributed by atoms with Gasteiger partial charge in [0.1, 0.15) is 12.0 Å². The van der Waals surface area contributed by atoms with E-state index in [1.807, 2.05) is 6.92 Å². The predicted octanol–water partition coefficient (Wildman–Crippen LogP) is 1.47. The van der Waals surface area contributed by atoms with Crippen LogP contribution in [0.25, 0.3) is 10.9 Å². The van der Waals surface area contributed by atoms with Crippen molar-refractivity contribution in [3.05, 3.63) is 35.5 Å². The molecule has 0 saturated carbocycles. The van der Waals surface area contributed by atoms with Crippen LogP contribution in [0, 0.1) is 0 Å². The minimum absolute atomic E-state index is 0.0610. The van der Waals surface area contributed by atoms with E-state index >= 15 is 0 Å². The third-order valence-corrected chi connectivity index (χ3v) is 2.64. The first kappa shape index (κ1) is 13.0. The Balaban J connectivity index is 2.60. The second-order valence-corrected chi connectivity index (χ2v) is 4.08. The minimum atomic E-state index is -0.446. The van der Waals surface area contributed by atoms with Crippen LogP contribution in [0.3, 0.4) is 0 Å². The van der Waals surface area contributed by atoms with E-state index in [0.717, 1.165) is 11.7 Å². The number of carbonyl (C=O) groups excluding carboxylic acids is 2. The molecule has 19 heavy (non-hydrogen) atoms. The quantitative estimate of drug-likeness (QED) is 0.823. The molecule has 2 aromatic rings. The highest BCUT2D eigenvalue weighted by Crippen LogP contribution is 2.26. The van der Waals surface area contributed by atoms with E-state index in [1.54, 1.807) is 24.3 Å². The number of nitrogens with two attached hydrogens (primary N) is 1. The van der Waals surface area contributed by atoms with E-state index in [-0.39, 0.29) is 6.42 Å². The van der Waals surface area contributed by atoms with Gasteiger partial charge in [-0.2, -0.15) is 0 Å². The molecule has 0 fully saturated rings. The molecule has 0 saturated heterocycles. The zero-order valence-electron chi connectivity index (χ0n) is 10.6. The number of hydrogen-bond donors (Lipinski definition) is 1. The number of rotatable bonds is 5. The second kappa shape index (κ2) is 5.48. The Hall–Kier alpha value is -2.43. The lowest BCUT2D eigenvalue weighted by molar-refractivity contribution is -0.117. The van der Waals surface area contributed by atoms with Crippen molar-refractivity contribution in [3.8, 4) is 5.75 Å². The molecule has 0 atom stereocenters. The van der Waals surface area contributed by atoms with Crippen molar-refractivity contribution in [2.75, 3.05) is 6.61 Å². The first-order chi connectivity index (χ1) is 9.13. The maximum atomic E-state index is 11.0. The van der Waals surface area contributed by atoms with Crippen LogP contribution in [0.4, 0.5) is 0 Å². The van der Waals surface area contributed by atoms with E-state index in [2.05, 4.69) is 4.98 Å². The molecule has 5 nitrogen and oxygen atoms in total. The predicted molar refractivity (Wildman–Crippen MR) is 71.2 cm³/mol. The molecule has 5 heteroatoms. The maximum absolute atomic E-state index is 11.0. The van der Waals surface area contributed by atoms with E-state index in [1.165, 1.54) is 0 Å². The summed E-state index contributed by atoms with van der Waals surface area (Å²) >= 11 is 0. The fourth-order valence-electron chi connectivity index (χ4n) is 1.88. The van der Waals surface area contributed by atoms with Gasteiger partial charge < -0.3 is 10.5 Å². The standard InChI is InChI=1S/C14H14N2O3/c1-2-19-13-6-10(7-14(15)18)16-12-4-3-9(8-17)5-11(12)13/h3-6,8H,2,7H2,1H3,(H2,15,18). The van der Waals surface area contributed by atoms with Crippen LogP contribution in [0.15, 0.2) is 24.3 Å². The number of carbonyl (C=O) groups is 2. The van der Waals surface area contributed by atoms with E-state index in [4.69, 9.17) is 10.5 Å². The number of pyridine rings is 1. The zero-order chi connectivity index (χ0) is 13.8. The Bertz CT molecular complexity index is 638. The second-order valence-electron chi connectivity index (χ2n) is 4.08. The summed E-state index contributed by atoms with van der Waals surface area (Å²) in [6, 6.07) is 6.80. The lowest BCUT2D eigenvalue weighted by Gasteiger charge is -2.09. The van der Waals surface area contributed by atoms with E-state index in [0.29, 0.717) is 29.1 Å². The molecule has 2 rings (SSSR count). The summed E-state index contributed by atoms with van der Waals surface area (Å²) in [7, 11) is 0.